The number of aliphatic hydroxyl groups is 1. The van der Waals surface area contributed by atoms with E-state index in [0.29, 0.717) is 11.4 Å². The zero-order chi connectivity index (χ0) is 17.5. The van der Waals surface area contributed by atoms with Crippen LogP contribution in [0, 0.1) is 5.82 Å². The first kappa shape index (κ1) is 16.9. The van der Waals surface area contributed by atoms with Crippen molar-refractivity contribution in [3.63, 3.8) is 0 Å². The van der Waals surface area contributed by atoms with Gasteiger partial charge in [-0.25, -0.2) is 4.39 Å². The number of rotatable bonds is 6. The monoisotopic (exact) mass is 335 g/mol. The molecule has 0 saturated heterocycles. The molecular weight excluding hydrogens is 317 g/mol. The number of aliphatic hydroxyl groups excluding tert-OH is 1. The molecule has 1 aromatic heterocycles. The van der Waals surface area contributed by atoms with Crippen LogP contribution in [0.5, 0.6) is 5.75 Å². The normalized spacial score (nSPS) is 12.2. The smallest absolute Gasteiger partial charge is 0.126 e. The number of hydrogen-bond acceptors (Lipinski definition) is 3. The van der Waals surface area contributed by atoms with Crippen LogP contribution in [0.15, 0.2) is 79.0 Å². The first-order chi connectivity index (χ1) is 12.2. The van der Waals surface area contributed by atoms with E-state index in [0.717, 1.165) is 11.1 Å². The number of nitrogens with zero attached hydrogens (tertiary/aromatic N) is 1. The molecule has 0 bridgehead atoms. The predicted octanol–water partition coefficient (Wildman–Crippen LogP) is 4.34. The number of hydrogen-bond donors (Lipinski definition) is 1. The van der Waals surface area contributed by atoms with Crippen molar-refractivity contribution in [2.75, 3.05) is 6.61 Å². The third kappa shape index (κ3) is 4.99. The largest absolute Gasteiger partial charge is 0.491 e. The lowest BCUT2D eigenvalue weighted by molar-refractivity contribution is 0.145. The average molecular weight is 335 g/mol. The number of ether oxygens (including phenoxy) is 1. The lowest BCUT2D eigenvalue weighted by Crippen LogP contribution is -2.14. The number of benzene rings is 2. The van der Waals surface area contributed by atoms with Crippen LogP contribution < -0.4 is 4.74 Å². The molecule has 0 aliphatic carbocycles. The first-order valence-electron chi connectivity index (χ1n) is 7.97. The Kier molecular flexibility index (Phi) is 5.54. The van der Waals surface area contributed by atoms with E-state index in [-0.39, 0.29) is 12.4 Å². The topological polar surface area (TPSA) is 42.4 Å². The van der Waals surface area contributed by atoms with E-state index < -0.39 is 6.10 Å². The van der Waals surface area contributed by atoms with Gasteiger partial charge in [0.1, 0.15) is 24.3 Å². The fourth-order valence-corrected chi connectivity index (χ4v) is 2.33. The molecule has 1 N–H and O–H groups in total. The van der Waals surface area contributed by atoms with Gasteiger partial charge >= 0.3 is 0 Å². The molecule has 0 amide bonds. The summed E-state index contributed by atoms with van der Waals surface area (Å²) >= 11 is 0. The summed E-state index contributed by atoms with van der Waals surface area (Å²) in [6.45, 7) is 0.108. The van der Waals surface area contributed by atoms with Gasteiger partial charge in [0.05, 0.1) is 5.69 Å². The molecule has 25 heavy (non-hydrogen) atoms. The molecule has 1 heterocycles. The van der Waals surface area contributed by atoms with Gasteiger partial charge in [0.25, 0.3) is 0 Å². The van der Waals surface area contributed by atoms with Crippen molar-refractivity contribution in [3.05, 3.63) is 90.5 Å². The molecule has 0 spiro atoms. The van der Waals surface area contributed by atoms with Crippen LogP contribution in [0.2, 0.25) is 0 Å². The molecule has 0 aliphatic rings. The van der Waals surface area contributed by atoms with Crippen LogP contribution in [0.3, 0.4) is 0 Å². The van der Waals surface area contributed by atoms with E-state index in [9.17, 15) is 9.50 Å². The summed E-state index contributed by atoms with van der Waals surface area (Å²) in [5, 5.41) is 9.94. The molecular formula is C21H18FNO2. The second kappa shape index (κ2) is 8.22. The Morgan fingerprint density at radius 1 is 1.00 bits per heavy atom. The van der Waals surface area contributed by atoms with Crippen molar-refractivity contribution in [3.8, 4) is 16.9 Å². The molecule has 3 nitrogen and oxygen atoms in total. The van der Waals surface area contributed by atoms with Crippen LogP contribution in [-0.4, -0.2) is 22.8 Å². The summed E-state index contributed by atoms with van der Waals surface area (Å²) in [6.07, 6.45) is 3.67. The summed E-state index contributed by atoms with van der Waals surface area (Å²) in [7, 11) is 0. The molecule has 0 aliphatic heterocycles. The Labute approximate surface area is 146 Å². The van der Waals surface area contributed by atoms with Crippen LogP contribution in [0.4, 0.5) is 4.39 Å². The van der Waals surface area contributed by atoms with E-state index in [4.69, 9.17) is 4.74 Å². The third-order valence-electron chi connectivity index (χ3n) is 3.61. The van der Waals surface area contributed by atoms with Gasteiger partial charge in [0, 0.05) is 6.20 Å². The van der Waals surface area contributed by atoms with Crippen LogP contribution in [-0.2, 0) is 0 Å². The van der Waals surface area contributed by atoms with E-state index in [1.165, 1.54) is 24.4 Å². The van der Waals surface area contributed by atoms with Gasteiger partial charge in [0.2, 0.25) is 0 Å². The van der Waals surface area contributed by atoms with Crippen LogP contribution >= 0.6 is 0 Å². The minimum Gasteiger partial charge on any atom is -0.491 e. The second-order valence-electron chi connectivity index (χ2n) is 5.53. The van der Waals surface area contributed by atoms with Gasteiger partial charge in [-0.3, -0.25) is 4.98 Å². The molecule has 126 valence electrons. The highest BCUT2D eigenvalue weighted by Crippen LogP contribution is 2.22. The third-order valence-corrected chi connectivity index (χ3v) is 3.61. The molecule has 2 aromatic carbocycles. The molecule has 0 fully saturated rings. The predicted molar refractivity (Wildman–Crippen MR) is 96.6 cm³/mol. The zero-order valence-corrected chi connectivity index (χ0v) is 13.5. The summed E-state index contributed by atoms with van der Waals surface area (Å²) in [5.74, 6) is 0.315. The maximum absolute atomic E-state index is 13.1. The fraction of sp³-hybridized carbons (Fsp3) is 0.0952. The first-order valence-corrected chi connectivity index (χ1v) is 7.97. The van der Waals surface area contributed by atoms with Gasteiger partial charge in [-0.15, -0.1) is 0 Å². The van der Waals surface area contributed by atoms with Crippen molar-refractivity contribution in [1.29, 1.82) is 0 Å². The van der Waals surface area contributed by atoms with E-state index in [2.05, 4.69) is 4.98 Å². The summed E-state index contributed by atoms with van der Waals surface area (Å²) in [4.78, 5) is 3.99. The lowest BCUT2D eigenvalue weighted by Gasteiger charge is -2.10. The van der Waals surface area contributed by atoms with E-state index >= 15 is 0 Å². The molecule has 1 unspecified atom stereocenters. The van der Waals surface area contributed by atoms with Crippen molar-refractivity contribution in [2.24, 2.45) is 0 Å². The van der Waals surface area contributed by atoms with Crippen molar-refractivity contribution in [2.45, 2.75) is 6.10 Å². The Hall–Kier alpha value is -2.98. The van der Waals surface area contributed by atoms with Crippen LogP contribution in [0.1, 0.15) is 5.69 Å². The highest BCUT2D eigenvalue weighted by Gasteiger charge is 2.03. The highest BCUT2D eigenvalue weighted by atomic mass is 19.1. The Morgan fingerprint density at radius 2 is 1.72 bits per heavy atom. The summed E-state index contributed by atoms with van der Waals surface area (Å²) in [5.41, 5.74) is 2.69. The van der Waals surface area contributed by atoms with Crippen LogP contribution in [0.25, 0.3) is 17.2 Å². The average Bonchev–Trinajstić information content (AvgIpc) is 2.66. The Morgan fingerprint density at radius 3 is 2.44 bits per heavy atom. The minimum absolute atomic E-state index is 0.108. The Balaban J connectivity index is 1.54. The van der Waals surface area contributed by atoms with Crippen molar-refractivity contribution in [1.82, 2.24) is 4.98 Å². The molecule has 1 atom stereocenters. The molecule has 0 saturated carbocycles. The van der Waals surface area contributed by atoms with Crippen molar-refractivity contribution < 1.29 is 14.2 Å². The molecule has 3 rings (SSSR count). The second-order valence-corrected chi connectivity index (χ2v) is 5.53. The quantitative estimate of drug-likeness (QED) is 0.728. The van der Waals surface area contributed by atoms with Crippen molar-refractivity contribution >= 4 is 6.08 Å². The van der Waals surface area contributed by atoms with Gasteiger partial charge in [-0.05, 0) is 41.5 Å². The molecule has 4 heteroatoms. The lowest BCUT2D eigenvalue weighted by atomic mass is 10.1. The summed E-state index contributed by atoms with van der Waals surface area (Å²) < 4.78 is 18.6. The zero-order valence-electron chi connectivity index (χ0n) is 13.5. The SMILES string of the molecule is OC(C=Cc1cc(F)ccn1)COc1ccc(-c2ccccc2)cc1. The van der Waals surface area contributed by atoms with E-state index in [1.807, 2.05) is 54.6 Å². The summed E-state index contributed by atoms with van der Waals surface area (Å²) in [6, 6.07) is 20.3. The Bertz CT molecular complexity index is 832. The maximum atomic E-state index is 13.1. The van der Waals surface area contributed by atoms with E-state index in [1.54, 1.807) is 6.08 Å². The maximum Gasteiger partial charge on any atom is 0.126 e. The standard InChI is InChI=1S/C21H18FNO2/c22-18-12-13-23-19(14-18)8-9-20(24)15-25-21-10-6-17(7-11-21)16-4-2-1-3-5-16/h1-14,20,24H,15H2. The van der Waals surface area contributed by atoms with Gasteiger partial charge in [-0.2, -0.15) is 0 Å². The fourth-order valence-electron chi connectivity index (χ4n) is 2.33. The molecule has 3 aromatic rings. The molecule has 0 radical (unpaired) electrons. The van der Waals surface area contributed by atoms with Gasteiger partial charge in [0.15, 0.2) is 0 Å². The minimum atomic E-state index is -0.807. The number of pyridine rings is 1. The number of aromatic nitrogens is 1. The highest BCUT2D eigenvalue weighted by molar-refractivity contribution is 5.63. The number of halogens is 1. The van der Waals surface area contributed by atoms with Gasteiger partial charge < -0.3 is 9.84 Å². The van der Waals surface area contributed by atoms with Gasteiger partial charge in [-0.1, -0.05) is 48.5 Å².